The van der Waals surface area contributed by atoms with E-state index in [1.165, 1.54) is 11.8 Å². The second-order valence-electron chi connectivity index (χ2n) is 7.44. The first kappa shape index (κ1) is 22.0. The minimum Gasteiger partial charge on any atom is -0.447 e. The third-order valence-corrected chi connectivity index (χ3v) is 4.81. The van der Waals surface area contributed by atoms with Crippen LogP contribution in [0, 0.1) is 0 Å². The molecule has 6 nitrogen and oxygen atoms in total. The number of hydrogen-bond acceptors (Lipinski definition) is 5. The summed E-state index contributed by atoms with van der Waals surface area (Å²) >= 11 is 6.01. The third-order valence-electron chi connectivity index (χ3n) is 4.56. The number of rotatable bonds is 10. The van der Waals surface area contributed by atoms with E-state index in [9.17, 15) is 4.79 Å². The predicted octanol–water partition coefficient (Wildman–Crippen LogP) is 3.82. The van der Waals surface area contributed by atoms with Gasteiger partial charge in [0.25, 0.3) is 5.91 Å². The minimum absolute atomic E-state index is 0.223. The van der Waals surface area contributed by atoms with Gasteiger partial charge in [0, 0.05) is 31.2 Å². The number of carbonyl (C=O) groups excluding carboxylic acids is 1. The summed E-state index contributed by atoms with van der Waals surface area (Å²) < 4.78 is 5.59. The van der Waals surface area contributed by atoms with Gasteiger partial charge in [-0.15, -0.1) is 0 Å². The van der Waals surface area contributed by atoms with Crippen LogP contribution in [0.3, 0.4) is 0 Å². The molecule has 0 aliphatic rings. The Morgan fingerprint density at radius 1 is 1.00 bits per heavy atom. The second kappa shape index (κ2) is 10.9. The quantitative estimate of drug-likeness (QED) is 0.534. The molecule has 0 aliphatic carbocycles. The Morgan fingerprint density at radius 2 is 1.67 bits per heavy atom. The lowest BCUT2D eigenvalue weighted by Crippen LogP contribution is -2.31. The largest absolute Gasteiger partial charge is 0.447 e. The van der Waals surface area contributed by atoms with Crippen molar-refractivity contribution in [3.05, 3.63) is 88.6 Å². The van der Waals surface area contributed by atoms with Gasteiger partial charge >= 0.3 is 0 Å². The van der Waals surface area contributed by atoms with Crippen molar-refractivity contribution in [3.63, 3.8) is 0 Å². The second-order valence-corrected chi connectivity index (χ2v) is 7.88. The number of likely N-dealkylation sites (N-methyl/N-ethyl adjacent to an activating group) is 1. The van der Waals surface area contributed by atoms with Crippen molar-refractivity contribution in [2.24, 2.45) is 0 Å². The van der Waals surface area contributed by atoms with Crippen molar-refractivity contribution in [1.82, 2.24) is 20.1 Å². The summed E-state index contributed by atoms with van der Waals surface area (Å²) in [5.41, 5.74) is 2.64. The van der Waals surface area contributed by atoms with E-state index in [2.05, 4.69) is 27.3 Å². The van der Waals surface area contributed by atoms with Crippen molar-refractivity contribution in [2.45, 2.75) is 19.6 Å². The molecule has 1 amide bonds. The Balaban J connectivity index is 1.67. The van der Waals surface area contributed by atoms with Crippen molar-refractivity contribution in [1.29, 1.82) is 0 Å². The molecule has 3 rings (SSSR count). The highest BCUT2D eigenvalue weighted by Crippen LogP contribution is 2.16. The fourth-order valence-electron chi connectivity index (χ4n) is 3.02. The maximum atomic E-state index is 12.3. The number of aromatic nitrogens is 1. The highest BCUT2D eigenvalue weighted by molar-refractivity contribution is 6.30. The van der Waals surface area contributed by atoms with Gasteiger partial charge in [0.1, 0.15) is 6.26 Å². The zero-order valence-corrected chi connectivity index (χ0v) is 18.1. The Hall–Kier alpha value is -2.67. The molecule has 158 valence electrons. The molecule has 0 spiro atoms. The normalized spacial score (nSPS) is 11.2. The van der Waals surface area contributed by atoms with E-state index in [1.54, 1.807) is 0 Å². The Kier molecular flexibility index (Phi) is 8.02. The summed E-state index contributed by atoms with van der Waals surface area (Å²) in [5.74, 6) is 0.289. The molecule has 3 aromatic rings. The first-order valence-electron chi connectivity index (χ1n) is 9.87. The number of nitrogens with zero attached hydrogens (tertiary/aromatic N) is 3. The molecule has 0 radical (unpaired) electrons. The zero-order chi connectivity index (χ0) is 21.3. The summed E-state index contributed by atoms with van der Waals surface area (Å²) in [6.45, 7) is 3.25. The smallest absolute Gasteiger partial charge is 0.273 e. The van der Waals surface area contributed by atoms with Crippen LogP contribution in [0.15, 0.2) is 65.3 Å². The van der Waals surface area contributed by atoms with Crippen LogP contribution in [0.25, 0.3) is 0 Å². The average molecular weight is 427 g/mol. The summed E-state index contributed by atoms with van der Waals surface area (Å²) in [6, 6.07) is 18.0. The van der Waals surface area contributed by atoms with Crippen LogP contribution in [0.2, 0.25) is 5.02 Å². The summed E-state index contributed by atoms with van der Waals surface area (Å²) in [5, 5.41) is 3.57. The van der Waals surface area contributed by atoms with E-state index in [-0.39, 0.29) is 5.91 Å². The van der Waals surface area contributed by atoms with Gasteiger partial charge in [-0.25, -0.2) is 4.98 Å². The van der Waals surface area contributed by atoms with Crippen molar-refractivity contribution in [2.75, 3.05) is 27.2 Å². The predicted molar refractivity (Wildman–Crippen MR) is 118 cm³/mol. The van der Waals surface area contributed by atoms with Crippen LogP contribution in [-0.2, 0) is 19.6 Å². The zero-order valence-electron chi connectivity index (χ0n) is 17.3. The number of hydrogen-bond donors (Lipinski definition) is 1. The lowest BCUT2D eigenvalue weighted by molar-refractivity contribution is 0.0946. The van der Waals surface area contributed by atoms with Crippen LogP contribution in [0.1, 0.15) is 27.5 Å². The molecular weight excluding hydrogens is 400 g/mol. The summed E-state index contributed by atoms with van der Waals surface area (Å²) in [4.78, 5) is 20.9. The lowest BCUT2D eigenvalue weighted by atomic mass is 10.1. The minimum atomic E-state index is -0.223. The molecule has 1 heterocycles. The number of benzene rings is 2. The molecule has 0 saturated heterocycles. The SMILES string of the molecule is CN(C)CCNC(=O)c1coc(CN(Cc2ccccc2)Cc2ccc(Cl)cc2)n1. The van der Waals surface area contributed by atoms with Gasteiger partial charge in [-0.3, -0.25) is 9.69 Å². The molecule has 2 aromatic carbocycles. The van der Waals surface area contributed by atoms with Gasteiger partial charge in [-0.1, -0.05) is 54.1 Å². The first-order valence-corrected chi connectivity index (χ1v) is 10.3. The van der Waals surface area contributed by atoms with Crippen molar-refractivity contribution >= 4 is 17.5 Å². The number of oxazole rings is 1. The standard InChI is InChI=1S/C23H27ClN4O2/c1-27(2)13-12-25-23(29)21-17-30-22(26-21)16-28(14-18-6-4-3-5-7-18)15-19-8-10-20(24)11-9-19/h3-11,17H,12-16H2,1-2H3,(H,25,29). The van der Waals surface area contributed by atoms with Crippen molar-refractivity contribution in [3.8, 4) is 0 Å². The molecule has 0 atom stereocenters. The van der Waals surface area contributed by atoms with Crippen LogP contribution in [-0.4, -0.2) is 47.9 Å². The van der Waals surface area contributed by atoms with Gasteiger partial charge < -0.3 is 14.6 Å². The Morgan fingerprint density at radius 3 is 2.33 bits per heavy atom. The monoisotopic (exact) mass is 426 g/mol. The van der Waals surface area contributed by atoms with E-state index in [0.29, 0.717) is 36.2 Å². The molecule has 30 heavy (non-hydrogen) atoms. The molecule has 0 fully saturated rings. The Bertz CT molecular complexity index is 926. The van der Waals surface area contributed by atoms with Gasteiger partial charge in [0.05, 0.1) is 6.54 Å². The number of nitrogens with one attached hydrogen (secondary N) is 1. The molecule has 7 heteroatoms. The average Bonchev–Trinajstić information content (AvgIpc) is 3.19. The molecule has 0 unspecified atom stereocenters. The fourth-order valence-corrected chi connectivity index (χ4v) is 3.15. The number of carbonyl (C=O) groups is 1. The first-order chi connectivity index (χ1) is 14.5. The molecule has 0 aliphatic heterocycles. The highest BCUT2D eigenvalue weighted by Gasteiger charge is 2.15. The van der Waals surface area contributed by atoms with E-state index < -0.39 is 0 Å². The van der Waals surface area contributed by atoms with Gasteiger partial charge in [-0.05, 0) is 37.4 Å². The van der Waals surface area contributed by atoms with Gasteiger partial charge in [-0.2, -0.15) is 0 Å². The topological polar surface area (TPSA) is 61.6 Å². The maximum Gasteiger partial charge on any atom is 0.273 e. The molecule has 1 N–H and O–H groups in total. The van der Waals surface area contributed by atoms with Crippen LogP contribution in [0.5, 0.6) is 0 Å². The summed E-state index contributed by atoms with van der Waals surface area (Å²) in [7, 11) is 3.92. The van der Waals surface area contributed by atoms with E-state index in [0.717, 1.165) is 18.7 Å². The van der Waals surface area contributed by atoms with E-state index >= 15 is 0 Å². The molecule has 0 saturated carbocycles. The van der Waals surface area contributed by atoms with Crippen LogP contribution < -0.4 is 5.32 Å². The number of halogens is 1. The Labute approximate surface area is 182 Å². The van der Waals surface area contributed by atoms with Gasteiger partial charge in [0.15, 0.2) is 5.69 Å². The van der Waals surface area contributed by atoms with Crippen LogP contribution in [0.4, 0.5) is 0 Å². The molecule has 1 aromatic heterocycles. The fraction of sp³-hybridized carbons (Fsp3) is 0.304. The third kappa shape index (κ3) is 6.99. The van der Waals surface area contributed by atoms with E-state index in [1.807, 2.05) is 61.5 Å². The lowest BCUT2D eigenvalue weighted by Gasteiger charge is -2.21. The number of amides is 1. The van der Waals surface area contributed by atoms with Crippen LogP contribution >= 0.6 is 11.6 Å². The highest BCUT2D eigenvalue weighted by atomic mass is 35.5. The summed E-state index contributed by atoms with van der Waals surface area (Å²) in [6.07, 6.45) is 1.42. The molecule has 0 bridgehead atoms. The molecular formula is C23H27ClN4O2. The van der Waals surface area contributed by atoms with Crippen molar-refractivity contribution < 1.29 is 9.21 Å². The van der Waals surface area contributed by atoms with E-state index in [4.69, 9.17) is 16.0 Å². The maximum absolute atomic E-state index is 12.3. The van der Waals surface area contributed by atoms with Gasteiger partial charge in [0.2, 0.25) is 5.89 Å².